The van der Waals surface area contributed by atoms with Crippen LogP contribution < -0.4 is 11.3 Å². The number of halogens is 1. The number of aromatic nitrogens is 2. The van der Waals surface area contributed by atoms with Crippen molar-refractivity contribution in [2.24, 2.45) is 5.84 Å². The van der Waals surface area contributed by atoms with Crippen LogP contribution in [0.25, 0.3) is 0 Å². The van der Waals surface area contributed by atoms with E-state index in [0.29, 0.717) is 17.9 Å². The summed E-state index contributed by atoms with van der Waals surface area (Å²) in [6.45, 7) is 2.38. The summed E-state index contributed by atoms with van der Waals surface area (Å²) in [5, 5.41) is 0. The largest absolute Gasteiger partial charge is 0.378 e. The molecule has 0 bridgehead atoms. The average Bonchev–Trinajstić information content (AvgIpc) is 2.35. The van der Waals surface area contributed by atoms with Crippen LogP contribution in [-0.2, 0) is 11.2 Å². The molecule has 0 spiro atoms. The minimum absolute atomic E-state index is 0.0447. The number of nitrogens with two attached hydrogens (primary N) is 1. The Balaban J connectivity index is 2.12. The van der Waals surface area contributed by atoms with Crippen LogP contribution in [0.2, 0.25) is 0 Å². The van der Waals surface area contributed by atoms with Gasteiger partial charge in [-0.05, 0) is 26.2 Å². The van der Waals surface area contributed by atoms with E-state index < -0.39 is 5.82 Å². The number of nitrogens with one attached hydrogen (secondary N) is 1. The lowest BCUT2D eigenvalue weighted by Crippen LogP contribution is -2.23. The predicted octanol–water partition coefficient (Wildman–Crippen LogP) is 1.32. The zero-order valence-corrected chi connectivity index (χ0v) is 9.87. The number of hydrazine groups is 1. The number of hydrogen-bond donors (Lipinski definition) is 2. The first-order valence-corrected chi connectivity index (χ1v) is 5.82. The Hall–Kier alpha value is -1.27. The van der Waals surface area contributed by atoms with Crippen molar-refractivity contribution < 1.29 is 9.13 Å². The molecule has 1 fully saturated rings. The highest BCUT2D eigenvalue weighted by Gasteiger charge is 2.18. The maximum atomic E-state index is 13.5. The topological polar surface area (TPSA) is 73.1 Å². The van der Waals surface area contributed by atoms with E-state index in [1.165, 1.54) is 0 Å². The normalized spacial score (nSPS) is 20.3. The molecule has 17 heavy (non-hydrogen) atoms. The molecule has 0 saturated carbocycles. The van der Waals surface area contributed by atoms with Crippen LogP contribution in [0.4, 0.5) is 10.2 Å². The Bertz CT molecular complexity index is 393. The van der Waals surface area contributed by atoms with Gasteiger partial charge in [0.25, 0.3) is 0 Å². The van der Waals surface area contributed by atoms with E-state index >= 15 is 0 Å². The first-order valence-electron chi connectivity index (χ1n) is 5.82. The van der Waals surface area contributed by atoms with Crippen molar-refractivity contribution in [2.75, 3.05) is 12.0 Å². The number of ether oxygens (including phenoxy) is 1. The van der Waals surface area contributed by atoms with E-state index in [0.717, 1.165) is 25.9 Å². The van der Waals surface area contributed by atoms with Crippen molar-refractivity contribution >= 4 is 5.82 Å². The van der Waals surface area contributed by atoms with Crippen molar-refractivity contribution in [3.8, 4) is 0 Å². The third-order valence-electron chi connectivity index (χ3n) is 2.88. The molecule has 2 rings (SSSR count). The molecule has 1 aliphatic heterocycles. The molecule has 1 aromatic rings. The van der Waals surface area contributed by atoms with Gasteiger partial charge in [-0.2, -0.15) is 0 Å². The Morgan fingerprint density at radius 3 is 2.94 bits per heavy atom. The molecule has 6 heteroatoms. The summed E-state index contributed by atoms with van der Waals surface area (Å²) in [5.74, 6) is 5.33. The van der Waals surface area contributed by atoms with Crippen LogP contribution in [0.15, 0.2) is 0 Å². The number of rotatable bonds is 3. The fourth-order valence-corrected chi connectivity index (χ4v) is 1.98. The first kappa shape index (κ1) is 12.2. The molecule has 1 aliphatic rings. The molecule has 0 aliphatic carbocycles. The highest BCUT2D eigenvalue weighted by atomic mass is 19.1. The molecule has 1 atom stereocenters. The fraction of sp³-hybridized carbons (Fsp3) is 0.636. The maximum Gasteiger partial charge on any atom is 0.187 e. The quantitative estimate of drug-likeness (QED) is 0.616. The van der Waals surface area contributed by atoms with Gasteiger partial charge in [0.1, 0.15) is 5.82 Å². The molecule has 5 nitrogen and oxygen atoms in total. The van der Waals surface area contributed by atoms with Crippen LogP contribution in [0.1, 0.15) is 30.8 Å². The van der Waals surface area contributed by atoms with Gasteiger partial charge in [-0.3, -0.25) is 0 Å². The van der Waals surface area contributed by atoms with E-state index in [4.69, 9.17) is 10.6 Å². The van der Waals surface area contributed by atoms with E-state index in [1.54, 1.807) is 6.92 Å². The minimum Gasteiger partial charge on any atom is -0.378 e. The van der Waals surface area contributed by atoms with Crippen molar-refractivity contribution in [1.82, 2.24) is 9.97 Å². The molecule has 94 valence electrons. The Morgan fingerprint density at radius 2 is 2.29 bits per heavy atom. The monoisotopic (exact) mass is 240 g/mol. The molecule has 3 N–H and O–H groups in total. The lowest BCUT2D eigenvalue weighted by Gasteiger charge is -2.22. The molecular weight excluding hydrogens is 223 g/mol. The zero-order valence-electron chi connectivity index (χ0n) is 9.87. The number of nitrogen functional groups attached to an aromatic ring is 1. The highest BCUT2D eigenvalue weighted by molar-refractivity contribution is 5.36. The van der Waals surface area contributed by atoms with Gasteiger partial charge in [0.2, 0.25) is 0 Å². The lowest BCUT2D eigenvalue weighted by atomic mass is 10.1. The molecule has 1 saturated heterocycles. The van der Waals surface area contributed by atoms with Gasteiger partial charge in [0.05, 0.1) is 11.8 Å². The van der Waals surface area contributed by atoms with Gasteiger partial charge >= 0.3 is 0 Å². The van der Waals surface area contributed by atoms with Crippen LogP contribution in [-0.4, -0.2) is 22.7 Å². The molecule has 0 amide bonds. The van der Waals surface area contributed by atoms with E-state index in [1.807, 2.05) is 0 Å². The summed E-state index contributed by atoms with van der Waals surface area (Å²) in [7, 11) is 0. The second kappa shape index (κ2) is 5.37. The van der Waals surface area contributed by atoms with Crippen LogP contribution in [0.3, 0.4) is 0 Å². The van der Waals surface area contributed by atoms with E-state index in [9.17, 15) is 4.39 Å². The summed E-state index contributed by atoms with van der Waals surface area (Å²) >= 11 is 0. The summed E-state index contributed by atoms with van der Waals surface area (Å²) in [5.41, 5.74) is 2.55. The average molecular weight is 240 g/mol. The van der Waals surface area contributed by atoms with E-state index in [-0.39, 0.29) is 11.9 Å². The standard InChI is InChI=1S/C11H17FN4O/c1-7-10(12)11(16-13)15-9(14-7)6-8-4-2-3-5-17-8/h8H,2-6,13H2,1H3,(H,14,15,16). The SMILES string of the molecule is Cc1nc(CC2CCCCO2)nc(NN)c1F. The molecular formula is C11H17FN4O. The van der Waals surface area contributed by atoms with Crippen molar-refractivity contribution in [2.45, 2.75) is 38.7 Å². The van der Waals surface area contributed by atoms with Crippen molar-refractivity contribution in [3.05, 3.63) is 17.3 Å². The molecule has 2 heterocycles. The maximum absolute atomic E-state index is 13.5. The third-order valence-corrected chi connectivity index (χ3v) is 2.88. The van der Waals surface area contributed by atoms with Crippen LogP contribution in [0, 0.1) is 12.7 Å². The highest BCUT2D eigenvalue weighted by Crippen LogP contribution is 2.18. The fourth-order valence-electron chi connectivity index (χ4n) is 1.98. The van der Waals surface area contributed by atoms with Gasteiger partial charge in [-0.25, -0.2) is 20.2 Å². The second-order valence-corrected chi connectivity index (χ2v) is 4.22. The van der Waals surface area contributed by atoms with Gasteiger partial charge in [0.15, 0.2) is 11.6 Å². The van der Waals surface area contributed by atoms with Crippen LogP contribution in [0.5, 0.6) is 0 Å². The summed E-state index contributed by atoms with van der Waals surface area (Å²) in [6, 6.07) is 0. The predicted molar refractivity (Wildman–Crippen MR) is 61.8 cm³/mol. The number of hydrogen-bond acceptors (Lipinski definition) is 5. The van der Waals surface area contributed by atoms with Gasteiger partial charge < -0.3 is 10.2 Å². The third kappa shape index (κ3) is 2.89. The Kier molecular flexibility index (Phi) is 3.86. The summed E-state index contributed by atoms with van der Waals surface area (Å²) < 4.78 is 19.1. The zero-order chi connectivity index (χ0) is 12.3. The number of aryl methyl sites for hydroxylation is 1. The molecule has 0 radical (unpaired) electrons. The van der Waals surface area contributed by atoms with Crippen LogP contribution >= 0.6 is 0 Å². The van der Waals surface area contributed by atoms with E-state index in [2.05, 4.69) is 15.4 Å². The van der Waals surface area contributed by atoms with Gasteiger partial charge in [-0.1, -0.05) is 0 Å². The second-order valence-electron chi connectivity index (χ2n) is 4.22. The Labute approximate surface area is 99.6 Å². The number of nitrogens with zero attached hydrogens (tertiary/aromatic N) is 2. The molecule has 1 unspecified atom stereocenters. The van der Waals surface area contributed by atoms with Crippen molar-refractivity contribution in [3.63, 3.8) is 0 Å². The molecule has 0 aromatic carbocycles. The first-order chi connectivity index (χ1) is 8.20. The Morgan fingerprint density at radius 1 is 1.47 bits per heavy atom. The summed E-state index contributed by atoms with van der Waals surface area (Å²) in [6.07, 6.45) is 4.02. The smallest absolute Gasteiger partial charge is 0.187 e. The summed E-state index contributed by atoms with van der Waals surface area (Å²) in [4.78, 5) is 8.16. The van der Waals surface area contributed by atoms with Crippen molar-refractivity contribution in [1.29, 1.82) is 0 Å². The number of anilines is 1. The van der Waals surface area contributed by atoms with Gasteiger partial charge in [-0.15, -0.1) is 0 Å². The van der Waals surface area contributed by atoms with Gasteiger partial charge in [0, 0.05) is 13.0 Å². The molecule has 1 aromatic heterocycles. The minimum atomic E-state index is -0.499. The lowest BCUT2D eigenvalue weighted by molar-refractivity contribution is 0.0156.